The Morgan fingerprint density at radius 1 is 1.20 bits per heavy atom. The quantitative estimate of drug-likeness (QED) is 0.455. The molecule has 0 N–H and O–H groups in total. The fraction of sp³-hybridized carbons (Fsp3) is 1.00. The van der Waals surface area contributed by atoms with Crippen molar-refractivity contribution in [3.63, 3.8) is 0 Å². The van der Waals surface area contributed by atoms with Gasteiger partial charge in [0, 0.05) is 63.5 Å². The van der Waals surface area contributed by atoms with Gasteiger partial charge in [0.2, 0.25) is 0 Å². The minimum atomic E-state index is 0. The van der Waals surface area contributed by atoms with Gasteiger partial charge in [-0.1, -0.05) is 6.82 Å². The molecule has 0 nitrogen and oxygen atoms in total. The van der Waals surface area contributed by atoms with Gasteiger partial charge in [-0.25, -0.2) is 0 Å². The second-order valence-corrected chi connectivity index (χ2v) is 0. The minimum Gasteiger partial charge on any atom is -0.0927 e. The van der Waals surface area contributed by atoms with E-state index in [2.05, 4.69) is 0 Å². The molecule has 0 amide bonds. The van der Waals surface area contributed by atoms with E-state index in [1.54, 1.807) is 0 Å². The number of hydrogen-bond donors (Lipinski definition) is 0. The zero-order valence-corrected chi connectivity index (χ0v) is 7.70. The molecule has 0 atom stereocenters. The summed E-state index contributed by atoms with van der Waals surface area (Å²) in [6.07, 6.45) is 0. The minimum absolute atomic E-state index is 0. The molecule has 0 spiro atoms. The first-order valence-corrected chi connectivity index (χ1v) is 1.00. The molecule has 5 heavy (non-hydrogen) atoms. The Hall–Kier alpha value is 2.69. The maximum Gasteiger partial charge on any atom is 0.187 e. The SMILES string of the molecule is BC.[AlH3].[Ce].[Ti]. The molecule has 0 aliphatic carbocycles. The normalized spacial score (nSPS) is 1.00. The van der Waals surface area contributed by atoms with Gasteiger partial charge >= 0.3 is 0 Å². The van der Waals surface area contributed by atoms with Gasteiger partial charge in [0.15, 0.2) is 17.4 Å². The average molecular weight is 246 g/mol. The van der Waals surface area contributed by atoms with Gasteiger partial charge in [0.05, 0.1) is 7.85 Å². The molecule has 0 rings (SSSR count). The van der Waals surface area contributed by atoms with Crippen LogP contribution in [0.2, 0.25) is 6.82 Å². The van der Waals surface area contributed by atoms with Crippen LogP contribution in [0.4, 0.5) is 0 Å². The van der Waals surface area contributed by atoms with Crippen LogP contribution < -0.4 is 0 Å². The summed E-state index contributed by atoms with van der Waals surface area (Å²) in [7, 11) is 2.00. The van der Waals surface area contributed by atoms with Crippen LogP contribution in [0.5, 0.6) is 0 Å². The van der Waals surface area contributed by atoms with Crippen molar-refractivity contribution in [2.75, 3.05) is 0 Å². The van der Waals surface area contributed by atoms with E-state index < -0.39 is 0 Å². The third kappa shape index (κ3) is 20.3. The smallest absolute Gasteiger partial charge is 0.0927 e. The summed E-state index contributed by atoms with van der Waals surface area (Å²) in [5.74, 6) is 0. The Kier molecular flexibility index (Phi) is 151. The molecule has 0 unspecified atom stereocenters. The first-order valence-electron chi connectivity index (χ1n) is 1.00. The molecule has 0 radical (unpaired) electrons. The second kappa shape index (κ2) is 29.9. The van der Waals surface area contributed by atoms with Crippen molar-refractivity contribution in [1.29, 1.82) is 0 Å². The molecule has 0 aromatic carbocycles. The van der Waals surface area contributed by atoms with Crippen LogP contribution in [-0.4, -0.2) is 25.2 Å². The molecule has 4 heteroatoms. The van der Waals surface area contributed by atoms with E-state index in [1.807, 2.05) is 14.7 Å². The van der Waals surface area contributed by atoms with E-state index in [1.165, 1.54) is 0 Å². The third-order valence-electron chi connectivity index (χ3n) is 0. The maximum atomic E-state index is 2.00. The van der Waals surface area contributed by atoms with Crippen molar-refractivity contribution >= 4 is 25.2 Å². The predicted octanol–water partition coefficient (Wildman–Crippen LogP) is -1.52. The Morgan fingerprint density at radius 2 is 1.20 bits per heavy atom. The van der Waals surface area contributed by atoms with Crippen molar-refractivity contribution in [3.05, 3.63) is 0 Å². The van der Waals surface area contributed by atoms with Gasteiger partial charge in [-0.3, -0.25) is 0 Å². The Labute approximate surface area is 93.7 Å². The Balaban J connectivity index is -0.00000000167. The Bertz CT molecular complexity index is 11.6. The fourth-order valence-electron chi connectivity index (χ4n) is 0. The van der Waals surface area contributed by atoms with Crippen LogP contribution in [0.1, 0.15) is 0 Å². The van der Waals surface area contributed by atoms with E-state index in [-0.39, 0.29) is 80.8 Å². The summed E-state index contributed by atoms with van der Waals surface area (Å²) in [5.41, 5.74) is 0. The molecular weight excluding hydrogens is 238 g/mol. The predicted molar refractivity (Wildman–Crippen MR) is 24.3 cm³/mol. The summed E-state index contributed by atoms with van der Waals surface area (Å²) in [6.45, 7) is 2.00. The van der Waals surface area contributed by atoms with Gasteiger partial charge in [-0.2, -0.15) is 0 Å². The average Bonchev–Trinajstić information content (AvgIpc) is 1.00. The van der Waals surface area contributed by atoms with Gasteiger partial charge in [0.1, 0.15) is 0 Å². The van der Waals surface area contributed by atoms with E-state index in [9.17, 15) is 0 Å². The Morgan fingerprint density at radius 3 is 1.20 bits per heavy atom. The van der Waals surface area contributed by atoms with Crippen molar-refractivity contribution in [2.24, 2.45) is 0 Å². The fourth-order valence-corrected chi connectivity index (χ4v) is 0. The van der Waals surface area contributed by atoms with E-state index in [0.29, 0.717) is 0 Å². The van der Waals surface area contributed by atoms with E-state index >= 15 is 0 Å². The largest absolute Gasteiger partial charge is 0.187 e. The topological polar surface area (TPSA) is 0 Å². The molecule has 0 fully saturated rings. The molecule has 0 aliphatic heterocycles. The molecule has 0 aliphatic rings. The number of hydrogen-bond acceptors (Lipinski definition) is 0. The standard InChI is InChI=1S/CH5B.Al.Ce.Ti.3H/c1-2;;;;;;/h2H2,1H3;;;;;;. The zero-order valence-electron chi connectivity index (χ0n) is 3.00. The van der Waals surface area contributed by atoms with Crippen molar-refractivity contribution in [2.45, 2.75) is 6.82 Å². The van der Waals surface area contributed by atoms with Crippen LogP contribution in [0, 0.1) is 41.7 Å². The first-order chi connectivity index (χ1) is 1.00. The van der Waals surface area contributed by atoms with Crippen LogP contribution in [0.15, 0.2) is 0 Å². The molecule has 0 saturated carbocycles. The van der Waals surface area contributed by atoms with Gasteiger partial charge in [-0.15, -0.1) is 0 Å². The van der Waals surface area contributed by atoms with Crippen LogP contribution >= 0.6 is 0 Å². The monoisotopic (exact) mass is 246 g/mol. The van der Waals surface area contributed by atoms with E-state index in [4.69, 9.17) is 0 Å². The molecular formula is CH8AlBCeTi. The molecule has 0 saturated heterocycles. The van der Waals surface area contributed by atoms with E-state index in [0.717, 1.165) is 0 Å². The van der Waals surface area contributed by atoms with Crippen molar-refractivity contribution < 1.29 is 63.5 Å². The van der Waals surface area contributed by atoms with Gasteiger partial charge in [-0.05, 0) is 0 Å². The maximum absolute atomic E-state index is 2.00. The third-order valence-corrected chi connectivity index (χ3v) is 0. The van der Waals surface area contributed by atoms with Crippen LogP contribution in [-0.2, 0) is 21.7 Å². The zero-order chi connectivity index (χ0) is 2.00. The summed E-state index contributed by atoms with van der Waals surface area (Å²) in [5, 5.41) is 0. The van der Waals surface area contributed by atoms with Gasteiger partial charge < -0.3 is 0 Å². The van der Waals surface area contributed by atoms with Crippen LogP contribution in [0.3, 0.4) is 0 Å². The molecule has 0 heterocycles. The second-order valence-electron chi connectivity index (χ2n) is 0. The molecule has 0 aromatic rings. The molecule has 0 aromatic heterocycles. The van der Waals surface area contributed by atoms with Gasteiger partial charge in [0.25, 0.3) is 0 Å². The molecule has 26 valence electrons. The molecule has 0 bridgehead atoms. The summed E-state index contributed by atoms with van der Waals surface area (Å²) in [4.78, 5) is 0. The summed E-state index contributed by atoms with van der Waals surface area (Å²) in [6, 6.07) is 0. The van der Waals surface area contributed by atoms with Crippen molar-refractivity contribution in [1.82, 2.24) is 0 Å². The summed E-state index contributed by atoms with van der Waals surface area (Å²) >= 11 is 0. The number of rotatable bonds is 0. The van der Waals surface area contributed by atoms with Crippen LogP contribution in [0.25, 0.3) is 0 Å². The summed E-state index contributed by atoms with van der Waals surface area (Å²) < 4.78 is 0. The van der Waals surface area contributed by atoms with Crippen molar-refractivity contribution in [3.8, 4) is 0 Å². The first kappa shape index (κ1) is 25.3.